The molecule has 0 bridgehead atoms. The van der Waals surface area contributed by atoms with Gasteiger partial charge in [0.05, 0.1) is 0 Å². The minimum atomic E-state index is -1.16. The molecular formula is C34H39N5O6. The van der Waals surface area contributed by atoms with Crippen molar-refractivity contribution in [1.82, 2.24) is 26.4 Å². The fraction of sp³-hybridized carbons (Fsp3) is 0.294. The molecule has 6 N–H and O–H groups in total. The number of hydroxylamine groups is 1. The van der Waals surface area contributed by atoms with E-state index in [1.54, 1.807) is 32.4 Å². The SMILES string of the molecule is CC(C)(C)OC(=O)N[C@@H](Cc1ccccc1)C(=O)N[C@@H](Cc1ccccc1)C(=O)N[C@@H](Cc1c[nH]c2ccccc12)C(=O)NO. The molecule has 4 amide bonds. The molecule has 0 spiro atoms. The van der Waals surface area contributed by atoms with Gasteiger partial charge in [-0.05, 0) is 43.5 Å². The van der Waals surface area contributed by atoms with Gasteiger partial charge in [0.2, 0.25) is 11.8 Å². The number of alkyl carbamates (subject to hydrolysis) is 1. The highest BCUT2D eigenvalue weighted by atomic mass is 16.6. The van der Waals surface area contributed by atoms with Crippen LogP contribution in [0.25, 0.3) is 10.9 Å². The average molecular weight is 614 g/mol. The van der Waals surface area contributed by atoms with Crippen molar-refractivity contribution < 1.29 is 29.1 Å². The smallest absolute Gasteiger partial charge is 0.408 e. The van der Waals surface area contributed by atoms with Gasteiger partial charge in [0.1, 0.15) is 23.7 Å². The van der Waals surface area contributed by atoms with E-state index >= 15 is 0 Å². The van der Waals surface area contributed by atoms with Crippen LogP contribution in [0.4, 0.5) is 4.79 Å². The number of H-pyrrole nitrogens is 1. The fourth-order valence-corrected chi connectivity index (χ4v) is 4.92. The van der Waals surface area contributed by atoms with Crippen molar-refractivity contribution >= 4 is 34.7 Å². The average Bonchev–Trinajstić information content (AvgIpc) is 3.42. The van der Waals surface area contributed by atoms with Gasteiger partial charge in [-0.3, -0.25) is 19.6 Å². The van der Waals surface area contributed by atoms with Gasteiger partial charge in [0.25, 0.3) is 5.91 Å². The van der Waals surface area contributed by atoms with Crippen LogP contribution in [0.1, 0.15) is 37.5 Å². The molecule has 0 aliphatic rings. The van der Waals surface area contributed by atoms with Crippen LogP contribution in [0.15, 0.2) is 91.1 Å². The Kier molecular flexibility index (Phi) is 10.9. The highest BCUT2D eigenvalue weighted by Gasteiger charge is 2.31. The van der Waals surface area contributed by atoms with Crippen molar-refractivity contribution in [2.24, 2.45) is 0 Å². The number of amides is 4. The lowest BCUT2D eigenvalue weighted by atomic mass is 10.0. The largest absolute Gasteiger partial charge is 0.444 e. The summed E-state index contributed by atoms with van der Waals surface area (Å²) in [6, 6.07) is 22.4. The van der Waals surface area contributed by atoms with Gasteiger partial charge in [0, 0.05) is 36.4 Å². The Bertz CT molecular complexity index is 1600. The predicted molar refractivity (Wildman–Crippen MR) is 169 cm³/mol. The number of rotatable bonds is 12. The van der Waals surface area contributed by atoms with Crippen LogP contribution in [0, 0.1) is 0 Å². The fourth-order valence-electron chi connectivity index (χ4n) is 4.92. The zero-order chi connectivity index (χ0) is 32.4. The van der Waals surface area contributed by atoms with Crippen LogP contribution < -0.4 is 21.4 Å². The third-order valence-electron chi connectivity index (χ3n) is 7.05. The van der Waals surface area contributed by atoms with Crippen molar-refractivity contribution in [3.05, 3.63) is 108 Å². The highest BCUT2D eigenvalue weighted by molar-refractivity contribution is 5.94. The maximum absolute atomic E-state index is 13.8. The van der Waals surface area contributed by atoms with E-state index in [0.29, 0.717) is 0 Å². The van der Waals surface area contributed by atoms with Gasteiger partial charge < -0.3 is 25.7 Å². The molecule has 0 aliphatic heterocycles. The number of carbonyl (C=O) groups excluding carboxylic acids is 4. The maximum atomic E-state index is 13.8. The second-order valence-corrected chi connectivity index (χ2v) is 11.7. The molecule has 0 unspecified atom stereocenters. The maximum Gasteiger partial charge on any atom is 0.408 e. The van der Waals surface area contributed by atoms with Crippen LogP contribution in [0.2, 0.25) is 0 Å². The van der Waals surface area contributed by atoms with Gasteiger partial charge in [-0.2, -0.15) is 0 Å². The van der Waals surface area contributed by atoms with Crippen molar-refractivity contribution in [3.63, 3.8) is 0 Å². The third-order valence-corrected chi connectivity index (χ3v) is 7.05. The van der Waals surface area contributed by atoms with Gasteiger partial charge >= 0.3 is 6.09 Å². The molecule has 11 heteroatoms. The van der Waals surface area contributed by atoms with E-state index in [1.165, 1.54) is 0 Å². The van der Waals surface area contributed by atoms with Crippen molar-refractivity contribution in [2.75, 3.05) is 0 Å². The Morgan fingerprint density at radius 3 is 1.71 bits per heavy atom. The number of aromatic nitrogens is 1. The number of carbonyl (C=O) groups is 4. The molecular weight excluding hydrogens is 574 g/mol. The Balaban J connectivity index is 1.57. The Morgan fingerprint density at radius 1 is 0.689 bits per heavy atom. The molecule has 1 heterocycles. The molecule has 4 rings (SSSR count). The molecule has 0 aliphatic carbocycles. The Hall–Kier alpha value is -5.16. The monoisotopic (exact) mass is 613 g/mol. The number of ether oxygens (including phenoxy) is 1. The van der Waals surface area contributed by atoms with Crippen molar-refractivity contribution in [3.8, 4) is 0 Å². The Labute approximate surface area is 261 Å². The number of hydrogen-bond donors (Lipinski definition) is 6. The molecule has 3 aromatic carbocycles. The summed E-state index contributed by atoms with van der Waals surface area (Å²) in [5.41, 5.74) is 4.01. The standard InChI is InChI=1S/C34H39N5O6/c1-34(2,3)45-33(43)38-28(19-23-14-8-5-9-15-23)31(41)36-27(18-22-12-6-4-7-13-22)30(40)37-29(32(42)39-44)20-24-21-35-26-17-11-10-16-25(24)26/h4-17,21,27-29,35,44H,18-20H2,1-3H3,(H,36,41)(H,37,40)(H,38,43)(H,39,42)/t27-,28-,29-/m0/s1. The lowest BCUT2D eigenvalue weighted by Gasteiger charge is -2.26. The van der Waals surface area contributed by atoms with E-state index in [4.69, 9.17) is 4.74 Å². The lowest BCUT2D eigenvalue weighted by Crippen LogP contribution is -2.58. The molecule has 1 aromatic heterocycles. The summed E-state index contributed by atoms with van der Waals surface area (Å²) in [6.45, 7) is 5.15. The molecule has 45 heavy (non-hydrogen) atoms. The van der Waals surface area contributed by atoms with Crippen LogP contribution in [0.3, 0.4) is 0 Å². The van der Waals surface area contributed by atoms with E-state index in [2.05, 4.69) is 20.9 Å². The molecule has 4 aromatic rings. The summed E-state index contributed by atoms with van der Waals surface area (Å²) >= 11 is 0. The van der Waals surface area contributed by atoms with Gasteiger partial charge in [-0.25, -0.2) is 10.3 Å². The summed E-state index contributed by atoms with van der Waals surface area (Å²) in [7, 11) is 0. The first-order chi connectivity index (χ1) is 21.5. The minimum Gasteiger partial charge on any atom is -0.444 e. The van der Waals surface area contributed by atoms with E-state index in [1.807, 2.05) is 84.9 Å². The van der Waals surface area contributed by atoms with Crippen LogP contribution in [-0.2, 0) is 38.4 Å². The van der Waals surface area contributed by atoms with Crippen LogP contribution >= 0.6 is 0 Å². The highest BCUT2D eigenvalue weighted by Crippen LogP contribution is 2.19. The topological polar surface area (TPSA) is 162 Å². The first kappa shape index (κ1) is 32.7. The summed E-state index contributed by atoms with van der Waals surface area (Å²) in [4.78, 5) is 56.1. The predicted octanol–water partition coefficient (Wildman–Crippen LogP) is 3.56. The molecule has 0 fully saturated rings. The summed E-state index contributed by atoms with van der Waals surface area (Å²) in [5, 5.41) is 18.5. The van der Waals surface area contributed by atoms with Gasteiger partial charge in [0.15, 0.2) is 0 Å². The van der Waals surface area contributed by atoms with Gasteiger partial charge in [-0.15, -0.1) is 0 Å². The normalized spacial score (nSPS) is 13.2. The van der Waals surface area contributed by atoms with Crippen molar-refractivity contribution in [1.29, 1.82) is 0 Å². The molecule has 3 atom stereocenters. The molecule has 0 radical (unpaired) electrons. The van der Waals surface area contributed by atoms with E-state index < -0.39 is 47.5 Å². The van der Waals surface area contributed by atoms with E-state index in [0.717, 1.165) is 27.6 Å². The molecule has 236 valence electrons. The number of aromatic amines is 1. The van der Waals surface area contributed by atoms with Crippen molar-refractivity contribution in [2.45, 2.75) is 63.8 Å². The molecule has 0 saturated heterocycles. The quantitative estimate of drug-likeness (QED) is 0.106. The first-order valence-electron chi connectivity index (χ1n) is 14.7. The first-order valence-corrected chi connectivity index (χ1v) is 14.7. The number of para-hydroxylation sites is 1. The number of fused-ring (bicyclic) bond motifs is 1. The lowest BCUT2D eigenvalue weighted by molar-refractivity contribution is -0.136. The second-order valence-electron chi connectivity index (χ2n) is 11.7. The zero-order valence-electron chi connectivity index (χ0n) is 25.5. The Morgan fingerprint density at radius 2 is 1.18 bits per heavy atom. The van der Waals surface area contributed by atoms with E-state index in [9.17, 15) is 24.4 Å². The van der Waals surface area contributed by atoms with Crippen LogP contribution in [-0.4, -0.2) is 57.7 Å². The summed E-state index contributed by atoms with van der Waals surface area (Å²) in [6.07, 6.45) is 1.28. The summed E-state index contributed by atoms with van der Waals surface area (Å²) in [5.74, 6) is -2.07. The minimum absolute atomic E-state index is 0.0744. The van der Waals surface area contributed by atoms with Crippen LogP contribution in [0.5, 0.6) is 0 Å². The summed E-state index contributed by atoms with van der Waals surface area (Å²) < 4.78 is 5.40. The number of hydrogen-bond acceptors (Lipinski definition) is 6. The number of benzene rings is 3. The molecule has 11 nitrogen and oxygen atoms in total. The third kappa shape index (κ3) is 9.67. The second kappa shape index (κ2) is 15.0. The number of nitrogens with one attached hydrogen (secondary N) is 5. The van der Waals surface area contributed by atoms with Gasteiger partial charge in [-0.1, -0.05) is 78.9 Å². The van der Waals surface area contributed by atoms with E-state index in [-0.39, 0.29) is 19.3 Å². The molecule has 0 saturated carbocycles. The zero-order valence-corrected chi connectivity index (χ0v) is 25.5.